The zero-order valence-corrected chi connectivity index (χ0v) is 15.1. The van der Waals surface area contributed by atoms with Crippen LogP contribution in [0.15, 0.2) is 0 Å². The van der Waals surface area contributed by atoms with Gasteiger partial charge in [0.25, 0.3) is 0 Å². The largest absolute Gasteiger partial charge is 0.459 e. The Labute approximate surface area is 146 Å². The lowest BCUT2D eigenvalue weighted by atomic mass is 9.49. The van der Waals surface area contributed by atoms with E-state index in [0.717, 1.165) is 29.6 Å². The lowest BCUT2D eigenvalue weighted by Gasteiger charge is -2.60. The molecule has 0 aromatic rings. The maximum absolute atomic E-state index is 13.3. The molecule has 0 amide bonds. The van der Waals surface area contributed by atoms with Crippen LogP contribution in [0.25, 0.3) is 0 Å². The van der Waals surface area contributed by atoms with Crippen molar-refractivity contribution in [2.24, 2.45) is 53.3 Å². The molecule has 8 aliphatic carbocycles. The van der Waals surface area contributed by atoms with Crippen molar-refractivity contribution >= 4 is 5.97 Å². The Morgan fingerprint density at radius 3 is 1.83 bits per heavy atom. The first kappa shape index (κ1) is 14.6. The van der Waals surface area contributed by atoms with Gasteiger partial charge in [-0.3, -0.25) is 4.79 Å². The minimum Gasteiger partial charge on any atom is -0.459 e. The average molecular weight is 328 g/mol. The summed E-state index contributed by atoms with van der Waals surface area (Å²) in [5.74, 6) is 6.85. The SMILES string of the molecule is CC1C2CC3CC(C2)CC1(OC(=O)C1C2CC4CC(C2)CC1C4)C3. The number of carbonyl (C=O) groups excluding carboxylic acids is 1. The van der Waals surface area contributed by atoms with Gasteiger partial charge in [0.2, 0.25) is 0 Å². The standard InChI is InChI=1S/C22H32O2/c1-12-17-8-15-3-16(9-17)11-22(12,10-15)24-21(23)20-18-4-13-2-14(6-18)7-19(20)5-13/h12-20H,2-11H2,1H3. The highest BCUT2D eigenvalue weighted by atomic mass is 16.6. The van der Waals surface area contributed by atoms with Crippen LogP contribution in [0.3, 0.4) is 0 Å². The Morgan fingerprint density at radius 2 is 1.25 bits per heavy atom. The number of hydrogen-bond acceptors (Lipinski definition) is 2. The quantitative estimate of drug-likeness (QED) is 0.680. The first-order valence-electron chi connectivity index (χ1n) is 10.8. The van der Waals surface area contributed by atoms with Gasteiger partial charge in [-0.15, -0.1) is 0 Å². The van der Waals surface area contributed by atoms with Gasteiger partial charge in [-0.25, -0.2) is 0 Å². The van der Waals surface area contributed by atoms with Gasteiger partial charge in [0.15, 0.2) is 0 Å². The Morgan fingerprint density at radius 1 is 0.750 bits per heavy atom. The Bertz CT molecular complexity index is 524. The number of carbonyl (C=O) groups is 1. The molecule has 0 saturated heterocycles. The van der Waals surface area contributed by atoms with Crippen LogP contribution in [-0.4, -0.2) is 11.6 Å². The van der Waals surface area contributed by atoms with Crippen molar-refractivity contribution in [3.8, 4) is 0 Å². The predicted molar refractivity (Wildman–Crippen MR) is 92.1 cm³/mol. The predicted octanol–water partition coefficient (Wildman–Crippen LogP) is 4.82. The second-order valence-corrected chi connectivity index (χ2v) is 10.8. The fourth-order valence-corrected chi connectivity index (χ4v) is 8.97. The second-order valence-electron chi connectivity index (χ2n) is 10.8. The second kappa shape index (κ2) is 4.80. The molecule has 0 aromatic heterocycles. The van der Waals surface area contributed by atoms with Crippen LogP contribution in [0.1, 0.15) is 71.1 Å². The summed E-state index contributed by atoms with van der Waals surface area (Å²) < 4.78 is 6.55. The molecule has 0 radical (unpaired) electrons. The van der Waals surface area contributed by atoms with Crippen LogP contribution in [0, 0.1) is 53.3 Å². The van der Waals surface area contributed by atoms with Crippen LogP contribution in [0.2, 0.25) is 0 Å². The van der Waals surface area contributed by atoms with Gasteiger partial charge in [-0.2, -0.15) is 0 Å². The highest BCUT2D eigenvalue weighted by Gasteiger charge is 2.59. The van der Waals surface area contributed by atoms with Crippen molar-refractivity contribution in [2.45, 2.75) is 76.7 Å². The number of ether oxygens (including phenoxy) is 1. The molecule has 8 bridgehead atoms. The van der Waals surface area contributed by atoms with E-state index >= 15 is 0 Å². The molecule has 3 unspecified atom stereocenters. The molecule has 8 saturated carbocycles. The van der Waals surface area contributed by atoms with E-state index < -0.39 is 0 Å². The summed E-state index contributed by atoms with van der Waals surface area (Å²) in [7, 11) is 0. The van der Waals surface area contributed by atoms with Gasteiger partial charge in [0.1, 0.15) is 5.60 Å². The molecular formula is C22H32O2. The van der Waals surface area contributed by atoms with E-state index in [1.165, 1.54) is 64.2 Å². The molecule has 0 spiro atoms. The molecule has 8 rings (SSSR count). The van der Waals surface area contributed by atoms with Crippen LogP contribution < -0.4 is 0 Å². The van der Waals surface area contributed by atoms with Crippen molar-refractivity contribution in [3.63, 3.8) is 0 Å². The third-order valence-electron chi connectivity index (χ3n) is 9.55. The summed E-state index contributed by atoms with van der Waals surface area (Å²) in [5.41, 5.74) is -0.0690. The molecule has 2 heteroatoms. The van der Waals surface area contributed by atoms with Gasteiger partial charge in [-0.05, 0) is 112 Å². The Kier molecular flexibility index (Phi) is 2.92. The highest BCUT2D eigenvalue weighted by Crippen LogP contribution is 2.61. The van der Waals surface area contributed by atoms with Gasteiger partial charge >= 0.3 is 5.97 Å². The summed E-state index contributed by atoms with van der Waals surface area (Å²) >= 11 is 0. The maximum atomic E-state index is 13.3. The number of esters is 1. The normalized spacial score (nSPS) is 59.8. The summed E-state index contributed by atoms with van der Waals surface area (Å²) in [4.78, 5) is 13.3. The summed E-state index contributed by atoms with van der Waals surface area (Å²) in [6.45, 7) is 2.40. The number of rotatable bonds is 2. The zero-order chi connectivity index (χ0) is 16.1. The fraction of sp³-hybridized carbons (Fsp3) is 0.955. The summed E-state index contributed by atoms with van der Waals surface area (Å²) in [6, 6.07) is 0. The third kappa shape index (κ3) is 1.92. The van der Waals surface area contributed by atoms with Crippen LogP contribution in [-0.2, 0) is 9.53 Å². The molecule has 8 fully saturated rings. The van der Waals surface area contributed by atoms with Crippen molar-refractivity contribution in [2.75, 3.05) is 0 Å². The van der Waals surface area contributed by atoms with E-state index in [2.05, 4.69) is 6.92 Å². The summed E-state index contributed by atoms with van der Waals surface area (Å²) in [6.07, 6.45) is 13.4. The van der Waals surface area contributed by atoms with Crippen molar-refractivity contribution in [3.05, 3.63) is 0 Å². The van der Waals surface area contributed by atoms with Gasteiger partial charge in [-0.1, -0.05) is 6.92 Å². The first-order chi connectivity index (χ1) is 11.6. The van der Waals surface area contributed by atoms with Crippen molar-refractivity contribution in [1.29, 1.82) is 0 Å². The smallest absolute Gasteiger partial charge is 0.310 e. The molecular weight excluding hydrogens is 296 g/mol. The van der Waals surface area contributed by atoms with E-state index in [4.69, 9.17) is 4.74 Å². The van der Waals surface area contributed by atoms with Crippen molar-refractivity contribution < 1.29 is 9.53 Å². The Balaban J connectivity index is 1.25. The van der Waals surface area contributed by atoms with Crippen LogP contribution >= 0.6 is 0 Å². The third-order valence-corrected chi connectivity index (χ3v) is 9.55. The lowest BCUT2D eigenvalue weighted by Crippen LogP contribution is -2.59. The molecule has 0 N–H and O–H groups in total. The maximum Gasteiger partial charge on any atom is 0.310 e. The monoisotopic (exact) mass is 328 g/mol. The Hall–Kier alpha value is -0.530. The van der Waals surface area contributed by atoms with Crippen LogP contribution in [0.5, 0.6) is 0 Å². The summed E-state index contributed by atoms with van der Waals surface area (Å²) in [5, 5.41) is 0. The topological polar surface area (TPSA) is 26.3 Å². The van der Waals surface area contributed by atoms with Crippen molar-refractivity contribution in [1.82, 2.24) is 0 Å². The molecule has 132 valence electrons. The van der Waals surface area contributed by atoms with Gasteiger partial charge in [0.05, 0.1) is 5.92 Å². The molecule has 3 atom stereocenters. The zero-order valence-electron chi connectivity index (χ0n) is 15.1. The number of hydrogen-bond donors (Lipinski definition) is 0. The molecule has 0 aliphatic heterocycles. The van der Waals surface area contributed by atoms with E-state index in [0.29, 0.717) is 17.8 Å². The highest BCUT2D eigenvalue weighted by molar-refractivity contribution is 5.74. The first-order valence-corrected chi connectivity index (χ1v) is 10.8. The van der Waals surface area contributed by atoms with E-state index in [1.54, 1.807) is 0 Å². The molecule has 8 aliphatic rings. The molecule has 0 heterocycles. The van der Waals surface area contributed by atoms with Crippen LogP contribution in [0.4, 0.5) is 0 Å². The molecule has 2 nitrogen and oxygen atoms in total. The van der Waals surface area contributed by atoms with E-state index in [1.807, 2.05) is 0 Å². The van der Waals surface area contributed by atoms with Gasteiger partial charge < -0.3 is 4.74 Å². The minimum atomic E-state index is -0.0690. The van der Waals surface area contributed by atoms with E-state index in [-0.39, 0.29) is 17.5 Å². The fourth-order valence-electron chi connectivity index (χ4n) is 8.97. The lowest BCUT2D eigenvalue weighted by molar-refractivity contribution is -0.217. The van der Waals surface area contributed by atoms with E-state index in [9.17, 15) is 4.79 Å². The average Bonchev–Trinajstić information content (AvgIpc) is 2.50. The minimum absolute atomic E-state index is 0.0690. The molecule has 0 aromatic carbocycles. The van der Waals surface area contributed by atoms with Gasteiger partial charge in [0, 0.05) is 0 Å². The molecule has 24 heavy (non-hydrogen) atoms.